The Kier molecular flexibility index (Phi) is 4.63. The molecule has 1 saturated heterocycles. The van der Waals surface area contributed by atoms with Gasteiger partial charge in [-0.05, 0) is 6.92 Å². The third-order valence-electron chi connectivity index (χ3n) is 2.18. The first-order valence-corrected chi connectivity index (χ1v) is 5.10. The normalized spacial score (nSPS) is 20.1. The summed E-state index contributed by atoms with van der Waals surface area (Å²) in [6.07, 6.45) is 1.96. The van der Waals surface area contributed by atoms with E-state index in [0.717, 1.165) is 0 Å². The van der Waals surface area contributed by atoms with Crippen molar-refractivity contribution in [1.29, 1.82) is 0 Å². The zero-order valence-corrected chi connectivity index (χ0v) is 9.09. The highest BCUT2D eigenvalue weighted by Gasteiger charge is 2.26. The molecule has 1 rings (SSSR count). The molecular weight excluding hydrogens is 214 g/mol. The summed E-state index contributed by atoms with van der Waals surface area (Å²) < 4.78 is 9.87. The number of carboxylic acid groups (broad SMARTS) is 1. The lowest BCUT2D eigenvalue weighted by Gasteiger charge is -2.11. The van der Waals surface area contributed by atoms with Crippen molar-refractivity contribution in [3.63, 3.8) is 0 Å². The monoisotopic (exact) mass is 229 g/mol. The number of carbonyl (C=O) groups is 2. The van der Waals surface area contributed by atoms with Gasteiger partial charge in [0.25, 0.3) is 0 Å². The van der Waals surface area contributed by atoms with Crippen molar-refractivity contribution in [3.8, 4) is 0 Å². The molecule has 0 bridgehead atoms. The van der Waals surface area contributed by atoms with E-state index in [0.29, 0.717) is 26.1 Å². The van der Waals surface area contributed by atoms with Gasteiger partial charge >= 0.3 is 12.1 Å². The summed E-state index contributed by atoms with van der Waals surface area (Å²) in [6, 6.07) is 0. The van der Waals surface area contributed by atoms with Crippen LogP contribution in [0.15, 0.2) is 12.3 Å². The van der Waals surface area contributed by atoms with Crippen LogP contribution >= 0.6 is 0 Å². The van der Waals surface area contributed by atoms with Crippen LogP contribution in [0.5, 0.6) is 0 Å². The number of carbonyl (C=O) groups excluding carboxylic acids is 1. The Labute approximate surface area is 93.4 Å². The first-order chi connectivity index (χ1) is 7.63. The van der Waals surface area contributed by atoms with Crippen LogP contribution in [0.3, 0.4) is 0 Å². The number of nitrogens with zero attached hydrogens (tertiary/aromatic N) is 1. The summed E-state index contributed by atoms with van der Waals surface area (Å²) in [4.78, 5) is 22.8. The number of likely N-dealkylation sites (tertiary alicyclic amines) is 1. The average molecular weight is 229 g/mol. The van der Waals surface area contributed by atoms with E-state index >= 15 is 0 Å². The minimum atomic E-state index is -0.944. The van der Waals surface area contributed by atoms with Gasteiger partial charge in [0.15, 0.2) is 0 Å². The molecule has 1 atom stereocenters. The van der Waals surface area contributed by atoms with E-state index in [1.165, 1.54) is 17.2 Å². The van der Waals surface area contributed by atoms with E-state index in [1.54, 1.807) is 6.92 Å². The van der Waals surface area contributed by atoms with Crippen molar-refractivity contribution in [2.24, 2.45) is 0 Å². The first kappa shape index (κ1) is 12.4. The van der Waals surface area contributed by atoms with Gasteiger partial charge in [-0.3, -0.25) is 0 Å². The fourth-order valence-corrected chi connectivity index (χ4v) is 1.41. The fourth-order valence-electron chi connectivity index (χ4n) is 1.41. The SMILES string of the molecule is CCOC(=O)/C=C/O[C@@H]1CCN(C(=O)O)C1. The Bertz CT molecular complexity index is 289. The second kappa shape index (κ2) is 5.99. The molecule has 1 aliphatic heterocycles. The van der Waals surface area contributed by atoms with Crippen LogP contribution in [-0.4, -0.2) is 47.9 Å². The summed E-state index contributed by atoms with van der Waals surface area (Å²) in [5, 5.41) is 8.69. The van der Waals surface area contributed by atoms with E-state index < -0.39 is 12.1 Å². The maximum Gasteiger partial charge on any atom is 0.407 e. The van der Waals surface area contributed by atoms with Crippen LogP contribution in [0, 0.1) is 0 Å². The Morgan fingerprint density at radius 1 is 1.56 bits per heavy atom. The molecule has 0 saturated carbocycles. The first-order valence-electron chi connectivity index (χ1n) is 5.10. The van der Waals surface area contributed by atoms with Crippen LogP contribution in [0.25, 0.3) is 0 Å². The van der Waals surface area contributed by atoms with Gasteiger partial charge in [0.05, 0.1) is 25.5 Å². The van der Waals surface area contributed by atoms with Gasteiger partial charge in [-0.15, -0.1) is 0 Å². The predicted octanol–water partition coefficient (Wildman–Crippen LogP) is 0.832. The molecule has 0 aliphatic carbocycles. The Hall–Kier alpha value is -1.72. The van der Waals surface area contributed by atoms with Crippen molar-refractivity contribution in [3.05, 3.63) is 12.3 Å². The molecule has 1 fully saturated rings. The second-order valence-corrected chi connectivity index (χ2v) is 3.33. The van der Waals surface area contributed by atoms with Gasteiger partial charge in [0, 0.05) is 13.0 Å². The number of rotatable bonds is 4. The van der Waals surface area contributed by atoms with E-state index in [4.69, 9.17) is 9.84 Å². The molecule has 1 aliphatic rings. The van der Waals surface area contributed by atoms with Crippen LogP contribution in [0.1, 0.15) is 13.3 Å². The summed E-state index contributed by atoms with van der Waals surface area (Å²) in [7, 11) is 0. The summed E-state index contributed by atoms with van der Waals surface area (Å²) in [6.45, 7) is 2.84. The van der Waals surface area contributed by atoms with E-state index in [9.17, 15) is 9.59 Å². The standard InChI is InChI=1S/C10H15NO5/c1-2-15-9(12)4-6-16-8-3-5-11(7-8)10(13)14/h4,6,8H,2-3,5,7H2,1H3,(H,13,14)/b6-4+/t8-/m1/s1. The van der Waals surface area contributed by atoms with Crippen molar-refractivity contribution < 1.29 is 24.2 Å². The lowest BCUT2D eigenvalue weighted by atomic mass is 10.3. The molecule has 90 valence electrons. The number of hydrogen-bond donors (Lipinski definition) is 1. The minimum absolute atomic E-state index is 0.179. The van der Waals surface area contributed by atoms with E-state index in [-0.39, 0.29) is 6.10 Å². The lowest BCUT2D eigenvalue weighted by molar-refractivity contribution is -0.137. The van der Waals surface area contributed by atoms with Crippen molar-refractivity contribution >= 4 is 12.1 Å². The van der Waals surface area contributed by atoms with E-state index in [2.05, 4.69) is 4.74 Å². The topological polar surface area (TPSA) is 76.1 Å². The zero-order chi connectivity index (χ0) is 12.0. The lowest BCUT2D eigenvalue weighted by Crippen LogP contribution is -2.27. The quantitative estimate of drug-likeness (QED) is 0.439. The smallest absolute Gasteiger partial charge is 0.407 e. The molecule has 1 amide bonds. The highest BCUT2D eigenvalue weighted by Crippen LogP contribution is 2.12. The van der Waals surface area contributed by atoms with Crippen LogP contribution in [-0.2, 0) is 14.3 Å². The van der Waals surface area contributed by atoms with Gasteiger partial charge in [-0.25, -0.2) is 9.59 Å². The summed E-state index contributed by atoms with van der Waals surface area (Å²) in [5.41, 5.74) is 0. The predicted molar refractivity (Wildman–Crippen MR) is 54.9 cm³/mol. The molecule has 1 N–H and O–H groups in total. The van der Waals surface area contributed by atoms with Crippen molar-refractivity contribution in [2.75, 3.05) is 19.7 Å². The van der Waals surface area contributed by atoms with Gasteiger partial charge in [0.2, 0.25) is 0 Å². The van der Waals surface area contributed by atoms with Gasteiger partial charge in [0.1, 0.15) is 6.10 Å². The Morgan fingerprint density at radius 2 is 2.31 bits per heavy atom. The summed E-state index contributed by atoms with van der Waals surface area (Å²) in [5.74, 6) is -0.462. The average Bonchev–Trinajstić information content (AvgIpc) is 2.67. The van der Waals surface area contributed by atoms with Gasteiger partial charge in [-0.2, -0.15) is 0 Å². The number of ether oxygens (including phenoxy) is 2. The van der Waals surface area contributed by atoms with Crippen LogP contribution in [0.2, 0.25) is 0 Å². The maximum atomic E-state index is 10.9. The van der Waals surface area contributed by atoms with Gasteiger partial charge < -0.3 is 19.5 Å². The molecule has 6 heteroatoms. The van der Waals surface area contributed by atoms with Crippen molar-refractivity contribution in [1.82, 2.24) is 4.90 Å². The highest BCUT2D eigenvalue weighted by molar-refractivity contribution is 5.81. The highest BCUT2D eigenvalue weighted by atomic mass is 16.5. The zero-order valence-electron chi connectivity index (χ0n) is 9.09. The molecule has 0 radical (unpaired) electrons. The number of amides is 1. The van der Waals surface area contributed by atoms with Crippen LogP contribution < -0.4 is 0 Å². The summed E-state index contributed by atoms with van der Waals surface area (Å²) >= 11 is 0. The molecule has 1 heterocycles. The molecule has 0 aromatic rings. The molecular formula is C10H15NO5. The Morgan fingerprint density at radius 3 is 2.88 bits per heavy atom. The molecule has 0 aromatic carbocycles. The second-order valence-electron chi connectivity index (χ2n) is 3.33. The molecule has 0 aromatic heterocycles. The maximum absolute atomic E-state index is 10.9. The molecule has 16 heavy (non-hydrogen) atoms. The third-order valence-corrected chi connectivity index (χ3v) is 2.18. The third kappa shape index (κ3) is 3.80. The fraction of sp³-hybridized carbons (Fsp3) is 0.600. The molecule has 0 spiro atoms. The minimum Gasteiger partial charge on any atom is -0.496 e. The number of hydrogen-bond acceptors (Lipinski definition) is 4. The van der Waals surface area contributed by atoms with Gasteiger partial charge in [-0.1, -0.05) is 0 Å². The molecule has 0 unspecified atom stereocenters. The Balaban J connectivity index is 2.24. The van der Waals surface area contributed by atoms with Crippen LogP contribution in [0.4, 0.5) is 4.79 Å². The van der Waals surface area contributed by atoms with E-state index in [1.807, 2.05) is 0 Å². The largest absolute Gasteiger partial charge is 0.496 e. The molecule has 6 nitrogen and oxygen atoms in total. The van der Waals surface area contributed by atoms with Crippen molar-refractivity contribution in [2.45, 2.75) is 19.4 Å². The number of esters is 1.